The summed E-state index contributed by atoms with van der Waals surface area (Å²) in [5, 5.41) is 0. The summed E-state index contributed by atoms with van der Waals surface area (Å²) < 4.78 is 4.90. The second-order valence-corrected chi connectivity index (χ2v) is 5.06. The summed E-state index contributed by atoms with van der Waals surface area (Å²) in [6, 6.07) is 5.92. The van der Waals surface area contributed by atoms with Crippen LogP contribution in [0.25, 0.3) is 11.0 Å². The Morgan fingerprint density at radius 1 is 1.42 bits per heavy atom. The van der Waals surface area contributed by atoms with Crippen LogP contribution in [0.1, 0.15) is 38.1 Å². The predicted molar refractivity (Wildman–Crippen MR) is 75.1 cm³/mol. The molecule has 1 aromatic heterocycles. The lowest BCUT2D eigenvalue weighted by Gasteiger charge is -2.18. The molecule has 2 aromatic rings. The van der Waals surface area contributed by atoms with E-state index < -0.39 is 0 Å². The van der Waals surface area contributed by atoms with Crippen LogP contribution in [-0.2, 0) is 16.0 Å². The van der Waals surface area contributed by atoms with Gasteiger partial charge in [0.25, 0.3) is 0 Å². The van der Waals surface area contributed by atoms with Crippen LogP contribution >= 0.6 is 0 Å². The second-order valence-electron chi connectivity index (χ2n) is 5.06. The molecule has 4 nitrogen and oxygen atoms in total. The fourth-order valence-corrected chi connectivity index (χ4v) is 2.36. The van der Waals surface area contributed by atoms with E-state index in [0.29, 0.717) is 0 Å². The summed E-state index contributed by atoms with van der Waals surface area (Å²) >= 11 is 0. The summed E-state index contributed by atoms with van der Waals surface area (Å²) in [4.78, 5) is 19.6. The zero-order valence-corrected chi connectivity index (χ0v) is 11.9. The molecule has 0 aliphatic rings. The van der Waals surface area contributed by atoms with Gasteiger partial charge in [0.15, 0.2) is 0 Å². The smallest absolute Gasteiger partial charge is 0.313 e. The van der Waals surface area contributed by atoms with Gasteiger partial charge in [0.1, 0.15) is 5.82 Å². The molecule has 0 aliphatic carbocycles. The van der Waals surface area contributed by atoms with Gasteiger partial charge in [-0.05, 0) is 23.6 Å². The zero-order chi connectivity index (χ0) is 14.0. The Labute approximate surface area is 113 Å². The van der Waals surface area contributed by atoms with Gasteiger partial charge in [-0.25, -0.2) is 4.98 Å². The highest BCUT2D eigenvalue weighted by Gasteiger charge is 2.25. The van der Waals surface area contributed by atoms with Crippen molar-refractivity contribution >= 4 is 17.0 Å². The van der Waals surface area contributed by atoms with E-state index in [4.69, 9.17) is 4.74 Å². The lowest BCUT2D eigenvalue weighted by atomic mass is 9.88. The molecule has 19 heavy (non-hydrogen) atoms. The van der Waals surface area contributed by atoms with Crippen LogP contribution in [0.3, 0.4) is 0 Å². The van der Waals surface area contributed by atoms with E-state index in [2.05, 4.69) is 16.9 Å². The number of benzene rings is 1. The highest BCUT2D eigenvalue weighted by atomic mass is 16.5. The van der Waals surface area contributed by atoms with E-state index in [1.165, 1.54) is 7.11 Å². The van der Waals surface area contributed by atoms with Crippen LogP contribution in [0.15, 0.2) is 18.2 Å². The molecular weight excluding hydrogens is 240 g/mol. The molecule has 0 saturated carbocycles. The molecule has 1 atom stereocenters. The SMILES string of the molecule is CCc1nc2ccc(C(C(=O)OC)C(C)C)cc2[nH]1. The molecule has 0 aliphatic heterocycles. The average Bonchev–Trinajstić information content (AvgIpc) is 2.80. The van der Waals surface area contributed by atoms with Crippen LogP contribution in [0, 0.1) is 5.92 Å². The van der Waals surface area contributed by atoms with Gasteiger partial charge >= 0.3 is 5.97 Å². The molecule has 1 aromatic carbocycles. The van der Waals surface area contributed by atoms with E-state index in [0.717, 1.165) is 28.8 Å². The van der Waals surface area contributed by atoms with E-state index >= 15 is 0 Å². The van der Waals surface area contributed by atoms with Crippen molar-refractivity contribution in [2.24, 2.45) is 5.92 Å². The molecule has 0 fully saturated rings. The Balaban J connectivity index is 2.45. The highest BCUT2D eigenvalue weighted by molar-refractivity contribution is 5.82. The van der Waals surface area contributed by atoms with Crippen molar-refractivity contribution in [3.63, 3.8) is 0 Å². The van der Waals surface area contributed by atoms with Crippen molar-refractivity contribution in [3.8, 4) is 0 Å². The van der Waals surface area contributed by atoms with Crippen molar-refractivity contribution in [1.29, 1.82) is 0 Å². The Kier molecular flexibility index (Phi) is 3.88. The highest BCUT2D eigenvalue weighted by Crippen LogP contribution is 2.28. The number of ether oxygens (including phenoxy) is 1. The minimum absolute atomic E-state index is 0.190. The van der Waals surface area contributed by atoms with Gasteiger partial charge in [0.2, 0.25) is 0 Å². The molecule has 1 unspecified atom stereocenters. The first kappa shape index (κ1) is 13.6. The number of nitrogens with zero attached hydrogens (tertiary/aromatic N) is 1. The largest absolute Gasteiger partial charge is 0.469 e. The maximum Gasteiger partial charge on any atom is 0.313 e. The number of aryl methyl sites for hydroxylation is 1. The quantitative estimate of drug-likeness (QED) is 0.860. The fraction of sp³-hybridized carbons (Fsp3) is 0.467. The summed E-state index contributed by atoms with van der Waals surface area (Å²) in [5.74, 6) is 0.733. The van der Waals surface area contributed by atoms with Crippen molar-refractivity contribution in [2.75, 3.05) is 7.11 Å². The van der Waals surface area contributed by atoms with Gasteiger partial charge in [-0.2, -0.15) is 0 Å². The monoisotopic (exact) mass is 260 g/mol. The molecular formula is C15H20N2O2. The number of carbonyl (C=O) groups is 1. The van der Waals surface area contributed by atoms with Crippen LogP contribution < -0.4 is 0 Å². The van der Waals surface area contributed by atoms with E-state index in [1.807, 2.05) is 32.0 Å². The lowest BCUT2D eigenvalue weighted by Crippen LogP contribution is -2.19. The number of methoxy groups -OCH3 is 1. The lowest BCUT2D eigenvalue weighted by molar-refractivity contribution is -0.143. The molecule has 2 rings (SSSR count). The normalized spacial score (nSPS) is 12.9. The fourth-order valence-electron chi connectivity index (χ4n) is 2.36. The van der Waals surface area contributed by atoms with E-state index in [1.54, 1.807) is 0 Å². The van der Waals surface area contributed by atoms with Crippen LogP contribution in [0.2, 0.25) is 0 Å². The van der Waals surface area contributed by atoms with Gasteiger partial charge in [0, 0.05) is 6.42 Å². The number of rotatable bonds is 4. The molecule has 0 saturated heterocycles. The van der Waals surface area contributed by atoms with Gasteiger partial charge in [-0.1, -0.05) is 26.8 Å². The minimum Gasteiger partial charge on any atom is -0.469 e. The predicted octanol–water partition coefficient (Wildman–Crippen LogP) is 3.04. The first-order chi connectivity index (χ1) is 9.06. The third kappa shape index (κ3) is 2.62. The molecule has 0 spiro atoms. The van der Waals surface area contributed by atoms with Crippen molar-refractivity contribution in [1.82, 2.24) is 9.97 Å². The Hall–Kier alpha value is -1.84. The molecule has 0 bridgehead atoms. The third-order valence-electron chi connectivity index (χ3n) is 3.37. The number of imidazole rings is 1. The number of carbonyl (C=O) groups excluding carboxylic acids is 1. The Morgan fingerprint density at radius 2 is 2.16 bits per heavy atom. The number of aromatic amines is 1. The number of fused-ring (bicyclic) bond motifs is 1. The van der Waals surface area contributed by atoms with Gasteiger partial charge < -0.3 is 9.72 Å². The van der Waals surface area contributed by atoms with Crippen LogP contribution in [-0.4, -0.2) is 23.0 Å². The van der Waals surface area contributed by atoms with Crippen LogP contribution in [0.5, 0.6) is 0 Å². The minimum atomic E-state index is -0.234. The molecule has 0 radical (unpaired) electrons. The van der Waals surface area contributed by atoms with Gasteiger partial charge in [-0.3, -0.25) is 4.79 Å². The number of aromatic nitrogens is 2. The average molecular weight is 260 g/mol. The molecule has 4 heteroatoms. The summed E-state index contributed by atoms with van der Waals surface area (Å²) in [5.41, 5.74) is 2.89. The third-order valence-corrected chi connectivity index (χ3v) is 3.37. The first-order valence-corrected chi connectivity index (χ1v) is 6.63. The van der Waals surface area contributed by atoms with Crippen LogP contribution in [0.4, 0.5) is 0 Å². The number of nitrogens with one attached hydrogen (secondary N) is 1. The van der Waals surface area contributed by atoms with E-state index in [-0.39, 0.29) is 17.8 Å². The van der Waals surface area contributed by atoms with Gasteiger partial charge in [-0.15, -0.1) is 0 Å². The molecule has 1 heterocycles. The van der Waals surface area contributed by atoms with Crippen molar-refractivity contribution < 1.29 is 9.53 Å². The zero-order valence-electron chi connectivity index (χ0n) is 11.9. The number of hydrogen-bond acceptors (Lipinski definition) is 3. The van der Waals surface area contributed by atoms with Gasteiger partial charge in [0.05, 0.1) is 24.1 Å². The topological polar surface area (TPSA) is 55.0 Å². The van der Waals surface area contributed by atoms with E-state index in [9.17, 15) is 4.79 Å². The second kappa shape index (κ2) is 5.43. The molecule has 1 N–H and O–H groups in total. The number of esters is 1. The maximum absolute atomic E-state index is 11.9. The first-order valence-electron chi connectivity index (χ1n) is 6.63. The Bertz CT molecular complexity index is 587. The molecule has 102 valence electrons. The summed E-state index contributed by atoms with van der Waals surface area (Å²) in [7, 11) is 1.43. The standard InChI is InChI=1S/C15H20N2O2/c1-5-13-16-11-7-6-10(8-12(11)17-13)14(9(2)3)15(18)19-4/h6-9,14H,5H2,1-4H3,(H,16,17). The maximum atomic E-state index is 11.9. The Morgan fingerprint density at radius 3 is 2.74 bits per heavy atom. The summed E-state index contributed by atoms with van der Waals surface area (Å²) in [6.45, 7) is 6.11. The van der Waals surface area contributed by atoms with Crippen molar-refractivity contribution in [3.05, 3.63) is 29.6 Å². The number of hydrogen-bond donors (Lipinski definition) is 1. The molecule has 0 amide bonds. The summed E-state index contributed by atoms with van der Waals surface area (Å²) in [6.07, 6.45) is 0.870. The number of H-pyrrole nitrogens is 1. The van der Waals surface area contributed by atoms with Crippen molar-refractivity contribution in [2.45, 2.75) is 33.1 Å².